The highest BCUT2D eigenvalue weighted by atomic mass is 16.5. The Morgan fingerprint density at radius 2 is 2.05 bits per heavy atom. The van der Waals surface area contributed by atoms with E-state index in [4.69, 9.17) is 19.3 Å². The summed E-state index contributed by atoms with van der Waals surface area (Å²) in [6.45, 7) is 2.26. The maximum absolute atomic E-state index is 10.9. The Labute approximate surface area is 111 Å². The number of rotatable bonds is 10. The van der Waals surface area contributed by atoms with Gasteiger partial charge in [0.25, 0.3) is 0 Å². The number of ether oxygens (including phenoxy) is 3. The molecule has 1 heterocycles. The van der Waals surface area contributed by atoms with Gasteiger partial charge in [0.15, 0.2) is 0 Å². The van der Waals surface area contributed by atoms with Gasteiger partial charge in [-0.15, -0.1) is 0 Å². The van der Waals surface area contributed by atoms with Crippen molar-refractivity contribution in [2.45, 2.75) is 13.0 Å². The number of carboxylic acid groups (broad SMARTS) is 1. The number of hydrogen-bond acceptors (Lipinski definition) is 6. The van der Waals surface area contributed by atoms with Gasteiger partial charge in [-0.05, 0) is 6.42 Å². The molecule has 7 heteroatoms. The summed E-state index contributed by atoms with van der Waals surface area (Å²) in [6.07, 6.45) is 3.40. The van der Waals surface area contributed by atoms with E-state index in [-0.39, 0.29) is 12.2 Å². The van der Waals surface area contributed by atoms with E-state index in [1.165, 1.54) is 12.5 Å². The van der Waals surface area contributed by atoms with E-state index in [0.29, 0.717) is 32.1 Å². The summed E-state index contributed by atoms with van der Waals surface area (Å²) >= 11 is 0. The van der Waals surface area contributed by atoms with Crippen LogP contribution in [0.15, 0.2) is 12.5 Å². The third-order valence-corrected chi connectivity index (χ3v) is 2.27. The lowest BCUT2D eigenvalue weighted by molar-refractivity contribution is 0.0321. The molecule has 0 aliphatic rings. The zero-order valence-corrected chi connectivity index (χ0v) is 10.9. The highest BCUT2D eigenvalue weighted by Gasteiger charge is 2.10. The van der Waals surface area contributed by atoms with Crippen LogP contribution in [0.2, 0.25) is 0 Å². The molecule has 1 rings (SSSR count). The van der Waals surface area contributed by atoms with Gasteiger partial charge in [-0.3, -0.25) is 0 Å². The molecule has 7 nitrogen and oxygen atoms in total. The first-order valence-electron chi connectivity index (χ1n) is 5.92. The van der Waals surface area contributed by atoms with Crippen LogP contribution in [0, 0.1) is 0 Å². The quantitative estimate of drug-likeness (QED) is 0.627. The van der Waals surface area contributed by atoms with Crippen molar-refractivity contribution in [3.05, 3.63) is 23.8 Å². The number of nitrogens with zero attached hydrogens (tertiary/aromatic N) is 2. The molecule has 0 bridgehead atoms. The first kappa shape index (κ1) is 15.5. The molecule has 0 saturated heterocycles. The summed E-state index contributed by atoms with van der Waals surface area (Å²) < 4.78 is 15.5. The van der Waals surface area contributed by atoms with Gasteiger partial charge in [-0.1, -0.05) is 0 Å². The van der Waals surface area contributed by atoms with Crippen molar-refractivity contribution in [1.29, 1.82) is 0 Å². The fraction of sp³-hybridized carbons (Fsp3) is 0.583. The monoisotopic (exact) mass is 270 g/mol. The molecule has 0 amide bonds. The second-order valence-corrected chi connectivity index (χ2v) is 3.70. The summed E-state index contributed by atoms with van der Waals surface area (Å²) in [7, 11) is 1.64. The summed E-state index contributed by atoms with van der Waals surface area (Å²) in [6, 6.07) is 0. The Balaban J connectivity index is 2.17. The van der Waals surface area contributed by atoms with Crippen LogP contribution in [0.3, 0.4) is 0 Å². The van der Waals surface area contributed by atoms with Crippen LogP contribution < -0.4 is 0 Å². The van der Waals surface area contributed by atoms with E-state index in [2.05, 4.69) is 9.97 Å². The minimum absolute atomic E-state index is 0.0588. The van der Waals surface area contributed by atoms with Gasteiger partial charge in [-0.2, -0.15) is 0 Å². The Kier molecular flexibility index (Phi) is 7.64. The molecule has 0 radical (unpaired) electrons. The normalized spacial score (nSPS) is 10.6. The first-order chi connectivity index (χ1) is 9.25. The second kappa shape index (κ2) is 9.37. The third-order valence-electron chi connectivity index (χ3n) is 2.27. The molecule has 1 aromatic heterocycles. The molecular formula is C12H18N2O5. The van der Waals surface area contributed by atoms with Gasteiger partial charge >= 0.3 is 5.97 Å². The molecule has 0 aliphatic heterocycles. The van der Waals surface area contributed by atoms with E-state index in [1.807, 2.05) is 0 Å². The SMILES string of the molecule is COCCCOCCOCc1ncncc1C(=O)O. The Hall–Kier alpha value is -1.57. The standard InChI is InChI=1S/C12H18N2O5/c1-17-3-2-4-18-5-6-19-8-11-10(12(15)16)7-13-9-14-11/h7,9H,2-6,8H2,1H3,(H,15,16). The molecule has 1 aromatic rings. The number of hydrogen-bond donors (Lipinski definition) is 1. The van der Waals surface area contributed by atoms with Gasteiger partial charge < -0.3 is 19.3 Å². The average molecular weight is 270 g/mol. The van der Waals surface area contributed by atoms with Gasteiger partial charge in [0.05, 0.1) is 25.5 Å². The minimum atomic E-state index is -1.06. The van der Waals surface area contributed by atoms with Crippen LogP contribution in [0.1, 0.15) is 22.5 Å². The van der Waals surface area contributed by atoms with E-state index >= 15 is 0 Å². The van der Waals surface area contributed by atoms with E-state index in [0.717, 1.165) is 6.42 Å². The lowest BCUT2D eigenvalue weighted by Crippen LogP contribution is -2.10. The lowest BCUT2D eigenvalue weighted by Gasteiger charge is -2.06. The molecule has 0 atom stereocenters. The number of aromatic carboxylic acids is 1. The van der Waals surface area contributed by atoms with Gasteiger partial charge in [-0.25, -0.2) is 14.8 Å². The predicted molar refractivity (Wildman–Crippen MR) is 66.0 cm³/mol. The molecule has 0 fully saturated rings. The lowest BCUT2D eigenvalue weighted by atomic mass is 10.2. The average Bonchev–Trinajstić information content (AvgIpc) is 2.42. The zero-order chi connectivity index (χ0) is 13.9. The Morgan fingerprint density at radius 1 is 1.26 bits per heavy atom. The van der Waals surface area contributed by atoms with Crippen LogP contribution in [-0.4, -0.2) is 54.6 Å². The van der Waals surface area contributed by atoms with Crippen molar-refractivity contribution in [1.82, 2.24) is 9.97 Å². The fourth-order valence-electron chi connectivity index (χ4n) is 1.34. The Bertz CT molecular complexity index is 386. The highest BCUT2D eigenvalue weighted by Crippen LogP contribution is 2.05. The number of methoxy groups -OCH3 is 1. The number of aromatic nitrogens is 2. The van der Waals surface area contributed by atoms with Crippen LogP contribution in [0.25, 0.3) is 0 Å². The molecule has 19 heavy (non-hydrogen) atoms. The summed E-state index contributed by atoms with van der Waals surface area (Å²) in [5.74, 6) is -1.06. The number of carbonyl (C=O) groups is 1. The van der Waals surface area contributed by atoms with Crippen LogP contribution in [0.5, 0.6) is 0 Å². The van der Waals surface area contributed by atoms with Gasteiger partial charge in [0, 0.05) is 26.5 Å². The van der Waals surface area contributed by atoms with Gasteiger partial charge in [0.2, 0.25) is 0 Å². The molecule has 0 saturated carbocycles. The van der Waals surface area contributed by atoms with Crippen molar-refractivity contribution in [2.24, 2.45) is 0 Å². The van der Waals surface area contributed by atoms with E-state index in [9.17, 15) is 4.79 Å². The van der Waals surface area contributed by atoms with E-state index in [1.54, 1.807) is 7.11 Å². The second-order valence-electron chi connectivity index (χ2n) is 3.70. The van der Waals surface area contributed by atoms with Crippen molar-refractivity contribution >= 4 is 5.97 Å². The van der Waals surface area contributed by atoms with Crippen molar-refractivity contribution < 1.29 is 24.1 Å². The smallest absolute Gasteiger partial charge is 0.339 e. The van der Waals surface area contributed by atoms with Crippen LogP contribution in [0.4, 0.5) is 0 Å². The molecule has 1 N–H and O–H groups in total. The predicted octanol–water partition coefficient (Wildman–Crippen LogP) is 0.744. The fourth-order valence-corrected chi connectivity index (χ4v) is 1.34. The molecule has 0 unspecified atom stereocenters. The third kappa shape index (κ3) is 6.23. The Morgan fingerprint density at radius 3 is 2.79 bits per heavy atom. The van der Waals surface area contributed by atoms with Crippen molar-refractivity contribution in [2.75, 3.05) is 33.5 Å². The molecule has 0 aromatic carbocycles. The summed E-state index contributed by atoms with van der Waals surface area (Å²) in [5.41, 5.74) is 0.422. The van der Waals surface area contributed by atoms with Crippen LogP contribution in [-0.2, 0) is 20.8 Å². The minimum Gasteiger partial charge on any atom is -0.478 e. The summed E-state index contributed by atoms with van der Waals surface area (Å²) in [5, 5.41) is 8.92. The maximum atomic E-state index is 10.9. The molecule has 106 valence electrons. The van der Waals surface area contributed by atoms with Crippen molar-refractivity contribution in [3.8, 4) is 0 Å². The van der Waals surface area contributed by atoms with E-state index < -0.39 is 5.97 Å². The largest absolute Gasteiger partial charge is 0.478 e. The zero-order valence-electron chi connectivity index (χ0n) is 10.9. The highest BCUT2D eigenvalue weighted by molar-refractivity contribution is 5.88. The molecule has 0 aliphatic carbocycles. The molecule has 0 spiro atoms. The topological polar surface area (TPSA) is 90.8 Å². The maximum Gasteiger partial charge on any atom is 0.339 e. The first-order valence-corrected chi connectivity index (χ1v) is 5.92. The molecular weight excluding hydrogens is 252 g/mol. The van der Waals surface area contributed by atoms with Crippen molar-refractivity contribution in [3.63, 3.8) is 0 Å². The van der Waals surface area contributed by atoms with Gasteiger partial charge in [0.1, 0.15) is 11.9 Å². The number of carboxylic acids is 1. The van der Waals surface area contributed by atoms with Crippen LogP contribution >= 0.6 is 0 Å². The summed E-state index contributed by atoms with van der Waals surface area (Å²) in [4.78, 5) is 18.4.